The van der Waals surface area contributed by atoms with E-state index in [1.54, 1.807) is 0 Å². The van der Waals surface area contributed by atoms with Gasteiger partial charge in [-0.3, -0.25) is 0 Å². The van der Waals surface area contributed by atoms with Gasteiger partial charge in [0.1, 0.15) is 0 Å². The van der Waals surface area contributed by atoms with E-state index in [-0.39, 0.29) is 0 Å². The van der Waals surface area contributed by atoms with E-state index in [1.807, 2.05) is 0 Å². The van der Waals surface area contributed by atoms with E-state index in [2.05, 4.69) is 49.2 Å². The van der Waals surface area contributed by atoms with Gasteiger partial charge in [0.05, 0.1) is 0 Å². The molecule has 20 heavy (non-hydrogen) atoms. The number of hydrogen-bond donors (Lipinski definition) is 1. The molecular weight excluding hydrogens is 244 g/mol. The van der Waals surface area contributed by atoms with Gasteiger partial charge in [-0.2, -0.15) is 0 Å². The van der Waals surface area contributed by atoms with Crippen molar-refractivity contribution in [1.82, 2.24) is 5.32 Å². The maximum Gasteiger partial charge on any atom is 0.0401 e. The summed E-state index contributed by atoms with van der Waals surface area (Å²) in [5.41, 5.74) is 4.31. The molecule has 0 saturated carbocycles. The molecule has 3 rings (SSSR count). The molecule has 0 aromatic heterocycles. The Morgan fingerprint density at radius 2 is 1.85 bits per heavy atom. The topological polar surface area (TPSA) is 15.3 Å². The Kier molecular flexibility index (Phi) is 4.02. The van der Waals surface area contributed by atoms with Crippen LogP contribution in [0.3, 0.4) is 0 Å². The van der Waals surface area contributed by atoms with Crippen LogP contribution in [0.25, 0.3) is 0 Å². The summed E-state index contributed by atoms with van der Waals surface area (Å²) in [6.45, 7) is 7.80. The molecule has 0 radical (unpaired) electrons. The van der Waals surface area contributed by atoms with Crippen LogP contribution in [0.15, 0.2) is 18.2 Å². The van der Waals surface area contributed by atoms with Crippen LogP contribution in [0, 0.1) is 13.8 Å². The molecule has 0 aliphatic carbocycles. The van der Waals surface area contributed by atoms with Crippen LogP contribution >= 0.6 is 0 Å². The van der Waals surface area contributed by atoms with E-state index >= 15 is 0 Å². The molecule has 2 atom stereocenters. The van der Waals surface area contributed by atoms with Crippen LogP contribution < -0.4 is 10.2 Å². The maximum absolute atomic E-state index is 3.68. The lowest BCUT2D eigenvalue weighted by molar-refractivity contribution is 0.247. The van der Waals surface area contributed by atoms with E-state index in [1.165, 1.54) is 48.9 Å². The number of rotatable bonds is 3. The predicted molar refractivity (Wildman–Crippen MR) is 86.5 cm³/mol. The number of benzene rings is 1. The molecule has 1 aromatic carbocycles. The first-order valence-electron chi connectivity index (χ1n) is 8.28. The fraction of sp³-hybridized carbons (Fsp3) is 0.667. The van der Waals surface area contributed by atoms with Crippen molar-refractivity contribution in [2.75, 3.05) is 11.4 Å². The Morgan fingerprint density at radius 3 is 2.45 bits per heavy atom. The van der Waals surface area contributed by atoms with E-state index in [9.17, 15) is 0 Å². The highest BCUT2D eigenvalue weighted by Crippen LogP contribution is 2.39. The molecule has 110 valence electrons. The molecule has 2 aliphatic rings. The third-order valence-corrected chi connectivity index (χ3v) is 5.10. The van der Waals surface area contributed by atoms with Crippen LogP contribution in [-0.2, 0) is 0 Å². The number of hydrogen-bond acceptors (Lipinski definition) is 2. The molecule has 0 amide bonds. The standard InChI is InChI=1S/C18H28N2/c1-4-19-15-11-16-6-5-7-17(12-15)20(16)18-9-8-13(2)10-14(18)3/h8-10,15-17,19H,4-7,11-12H2,1-3H3. The fourth-order valence-electron chi connectivity index (χ4n) is 4.33. The van der Waals surface area contributed by atoms with Crippen LogP contribution in [0.2, 0.25) is 0 Å². The van der Waals surface area contributed by atoms with Crippen LogP contribution in [0.1, 0.15) is 50.2 Å². The molecule has 2 unspecified atom stereocenters. The summed E-state index contributed by atoms with van der Waals surface area (Å²) in [5, 5.41) is 3.68. The van der Waals surface area contributed by atoms with E-state index in [0.29, 0.717) is 0 Å². The molecule has 2 nitrogen and oxygen atoms in total. The van der Waals surface area contributed by atoms with Gasteiger partial charge in [0.25, 0.3) is 0 Å². The van der Waals surface area contributed by atoms with Gasteiger partial charge in [-0.25, -0.2) is 0 Å². The zero-order chi connectivity index (χ0) is 14.1. The Labute approximate surface area is 123 Å². The summed E-state index contributed by atoms with van der Waals surface area (Å²) in [6, 6.07) is 9.18. The second-order valence-electron chi connectivity index (χ2n) is 6.66. The van der Waals surface area contributed by atoms with Crippen molar-refractivity contribution in [2.24, 2.45) is 0 Å². The minimum atomic E-state index is 0.734. The molecule has 2 heteroatoms. The van der Waals surface area contributed by atoms with Crippen molar-refractivity contribution in [2.45, 2.75) is 71.0 Å². The Balaban J connectivity index is 1.86. The molecule has 1 aromatic rings. The van der Waals surface area contributed by atoms with Gasteiger partial charge in [-0.1, -0.05) is 24.6 Å². The van der Waals surface area contributed by atoms with E-state index in [0.717, 1.165) is 24.7 Å². The van der Waals surface area contributed by atoms with Crippen LogP contribution in [-0.4, -0.2) is 24.7 Å². The molecule has 0 spiro atoms. The first-order valence-corrected chi connectivity index (χ1v) is 8.28. The zero-order valence-corrected chi connectivity index (χ0v) is 13.2. The average molecular weight is 272 g/mol. The van der Waals surface area contributed by atoms with Gasteiger partial charge >= 0.3 is 0 Å². The highest BCUT2D eigenvalue weighted by Gasteiger charge is 2.38. The van der Waals surface area contributed by atoms with Crippen molar-refractivity contribution in [3.63, 3.8) is 0 Å². The van der Waals surface area contributed by atoms with Crippen molar-refractivity contribution in [3.05, 3.63) is 29.3 Å². The van der Waals surface area contributed by atoms with E-state index in [4.69, 9.17) is 0 Å². The second-order valence-corrected chi connectivity index (χ2v) is 6.66. The Hall–Kier alpha value is -1.02. The fourth-order valence-corrected chi connectivity index (χ4v) is 4.33. The van der Waals surface area contributed by atoms with Crippen LogP contribution in [0.4, 0.5) is 5.69 Å². The number of nitrogens with zero attached hydrogens (tertiary/aromatic N) is 1. The Bertz CT molecular complexity index is 454. The van der Waals surface area contributed by atoms with Crippen molar-refractivity contribution < 1.29 is 0 Å². The van der Waals surface area contributed by atoms with Gasteiger partial charge in [-0.05, 0) is 64.1 Å². The second kappa shape index (κ2) is 5.77. The molecule has 2 aliphatic heterocycles. The smallest absolute Gasteiger partial charge is 0.0401 e. The average Bonchev–Trinajstić information content (AvgIpc) is 2.39. The summed E-state index contributed by atoms with van der Waals surface area (Å²) in [5.74, 6) is 0. The number of aryl methyl sites for hydroxylation is 2. The summed E-state index contributed by atoms with van der Waals surface area (Å²) in [4.78, 5) is 2.76. The third-order valence-electron chi connectivity index (χ3n) is 5.10. The van der Waals surface area contributed by atoms with Crippen molar-refractivity contribution in [3.8, 4) is 0 Å². The number of piperidine rings is 2. The summed E-state index contributed by atoms with van der Waals surface area (Å²) < 4.78 is 0. The summed E-state index contributed by atoms with van der Waals surface area (Å²) >= 11 is 0. The van der Waals surface area contributed by atoms with Gasteiger partial charge in [0.2, 0.25) is 0 Å². The molecule has 2 fully saturated rings. The molecule has 2 saturated heterocycles. The molecule has 2 heterocycles. The summed E-state index contributed by atoms with van der Waals surface area (Å²) in [6.07, 6.45) is 6.78. The quantitative estimate of drug-likeness (QED) is 0.900. The zero-order valence-electron chi connectivity index (χ0n) is 13.2. The van der Waals surface area contributed by atoms with Crippen molar-refractivity contribution >= 4 is 5.69 Å². The number of nitrogens with one attached hydrogen (secondary N) is 1. The van der Waals surface area contributed by atoms with Gasteiger partial charge in [0.15, 0.2) is 0 Å². The maximum atomic E-state index is 3.68. The van der Waals surface area contributed by atoms with Gasteiger partial charge in [0, 0.05) is 23.8 Å². The largest absolute Gasteiger partial charge is 0.365 e. The predicted octanol–water partition coefficient (Wildman–Crippen LogP) is 3.80. The SMILES string of the molecule is CCNC1CC2CCCC(C1)N2c1ccc(C)cc1C. The molecule has 2 bridgehead atoms. The molecular formula is C18H28N2. The van der Waals surface area contributed by atoms with E-state index < -0.39 is 0 Å². The van der Waals surface area contributed by atoms with Crippen LogP contribution in [0.5, 0.6) is 0 Å². The highest BCUT2D eigenvalue weighted by atomic mass is 15.2. The van der Waals surface area contributed by atoms with Crippen molar-refractivity contribution in [1.29, 1.82) is 0 Å². The number of fused-ring (bicyclic) bond motifs is 2. The first kappa shape index (κ1) is 13.9. The summed E-state index contributed by atoms with van der Waals surface area (Å²) in [7, 11) is 0. The Morgan fingerprint density at radius 1 is 1.15 bits per heavy atom. The highest BCUT2D eigenvalue weighted by molar-refractivity contribution is 5.56. The minimum absolute atomic E-state index is 0.734. The molecule has 1 N–H and O–H groups in total. The third kappa shape index (κ3) is 2.58. The minimum Gasteiger partial charge on any atom is -0.365 e. The first-order chi connectivity index (χ1) is 9.69. The lowest BCUT2D eigenvalue weighted by atomic mass is 9.81. The van der Waals surface area contributed by atoms with Gasteiger partial charge in [-0.15, -0.1) is 0 Å². The monoisotopic (exact) mass is 272 g/mol. The van der Waals surface area contributed by atoms with Gasteiger partial charge < -0.3 is 10.2 Å². The lowest BCUT2D eigenvalue weighted by Crippen LogP contribution is -2.56. The lowest BCUT2D eigenvalue weighted by Gasteiger charge is -2.51. The number of anilines is 1. The normalized spacial score (nSPS) is 29.6.